The summed E-state index contributed by atoms with van der Waals surface area (Å²) in [5.74, 6) is -4.94. The summed E-state index contributed by atoms with van der Waals surface area (Å²) < 4.78 is 64.2. The van der Waals surface area contributed by atoms with E-state index in [1.165, 1.54) is 0 Å². The smallest absolute Gasteiger partial charge is 0.303 e. The van der Waals surface area contributed by atoms with Gasteiger partial charge in [-0.2, -0.15) is 0 Å². The number of rotatable bonds is 16. The highest BCUT2D eigenvalue weighted by atomic mass is 16.8. The predicted molar refractivity (Wildman–Crippen MR) is 178 cm³/mol. The lowest BCUT2D eigenvalue weighted by molar-refractivity contribution is -0.362. The van der Waals surface area contributed by atoms with Gasteiger partial charge in [0.25, 0.3) is 0 Å². The highest BCUT2D eigenvalue weighted by Crippen LogP contribution is 2.36. The van der Waals surface area contributed by atoms with E-state index in [0.717, 1.165) is 54.4 Å². The van der Waals surface area contributed by atoms with Gasteiger partial charge in [0.05, 0.1) is 12.8 Å². The molecule has 21 heteroatoms. The molecule has 5 radical (unpaired) electrons. The number of ether oxygens (including phenoxy) is 11. The monoisotopic (exact) mass is 794 g/mol. The molecule has 3 aliphatic rings. The quantitative estimate of drug-likeness (QED) is 0.155. The molecule has 56 heavy (non-hydrogen) atoms. The lowest BCUT2D eigenvalue weighted by Crippen LogP contribution is -2.67. The van der Waals surface area contributed by atoms with Crippen molar-refractivity contribution in [1.82, 2.24) is 15.0 Å². The molecule has 1 aromatic rings. The highest BCUT2D eigenvalue weighted by Gasteiger charge is 2.57. The van der Waals surface area contributed by atoms with Crippen molar-refractivity contribution in [2.24, 2.45) is 0 Å². The van der Waals surface area contributed by atoms with Gasteiger partial charge in [0, 0.05) is 60.9 Å². The third-order valence-corrected chi connectivity index (χ3v) is 7.94. The first kappa shape index (κ1) is 44.0. The van der Waals surface area contributed by atoms with Gasteiger partial charge in [-0.25, -0.2) is 0 Å². The minimum atomic E-state index is -1.81. The van der Waals surface area contributed by atoms with Crippen LogP contribution < -0.4 is 0 Å². The maximum Gasteiger partial charge on any atom is 0.303 e. The Balaban J connectivity index is 1.72. The van der Waals surface area contributed by atoms with Gasteiger partial charge in [-0.3, -0.25) is 38.2 Å². The zero-order chi connectivity index (χ0) is 41.1. The number of nitrogens with zero attached hydrogens (tertiary/aromatic N) is 3. The van der Waals surface area contributed by atoms with Gasteiger partial charge in [0.2, 0.25) is 0 Å². The van der Waals surface area contributed by atoms with E-state index >= 15 is 0 Å². The van der Waals surface area contributed by atoms with E-state index in [1.54, 1.807) is 10.9 Å². The molecule has 3 fully saturated rings. The van der Waals surface area contributed by atoms with Gasteiger partial charge in [0.1, 0.15) is 37.2 Å². The Labute approximate surface area is 322 Å². The fourth-order valence-corrected chi connectivity index (χ4v) is 5.96. The first-order chi connectivity index (χ1) is 26.5. The van der Waals surface area contributed by atoms with E-state index in [-0.39, 0.29) is 6.61 Å². The third kappa shape index (κ3) is 12.9. The van der Waals surface area contributed by atoms with Gasteiger partial charge in [0.15, 0.2) is 43.1 Å². The van der Waals surface area contributed by atoms with E-state index in [2.05, 4.69) is 10.3 Å². The molecule has 4 rings (SSSR count). The highest BCUT2D eigenvalue weighted by molar-refractivity contribution is 5.69. The summed E-state index contributed by atoms with van der Waals surface area (Å²) in [4.78, 5) is 86.0. The van der Waals surface area contributed by atoms with Crippen molar-refractivity contribution < 1.29 is 85.7 Å². The summed E-state index contributed by atoms with van der Waals surface area (Å²) in [6.07, 6.45) is -6.58. The maximum atomic E-state index is 12.6. The van der Waals surface area contributed by atoms with Crippen LogP contribution in [-0.4, -0.2) is 131 Å². The molecule has 0 aromatic carbocycles. The summed E-state index contributed by atoms with van der Waals surface area (Å²) in [5.41, 5.74) is 0.346. The van der Waals surface area contributed by atoms with Crippen molar-refractivity contribution in [3.05, 3.63) is 43.5 Å². The molecule has 2 saturated heterocycles. The molecular formula is C35H44N3O18. The van der Waals surface area contributed by atoms with Crippen LogP contribution >= 0.6 is 0 Å². The molecular weight excluding hydrogens is 750 g/mol. The number of aromatic nitrogens is 3. The first-order valence-electron chi connectivity index (χ1n) is 17.3. The second-order valence-electron chi connectivity index (χ2n) is 12.7. The molecule has 21 nitrogen and oxygen atoms in total. The number of hydrogen-bond donors (Lipinski definition) is 0. The zero-order valence-electron chi connectivity index (χ0n) is 31.7. The number of hydrogen-bond acceptors (Lipinski definition) is 20. The lowest BCUT2D eigenvalue weighted by Gasteiger charge is -2.48. The van der Waals surface area contributed by atoms with E-state index in [0.29, 0.717) is 12.2 Å². The van der Waals surface area contributed by atoms with Crippen LogP contribution in [0.25, 0.3) is 0 Å². The predicted octanol–water partition coefficient (Wildman–Crippen LogP) is -0.180. The first-order valence-corrected chi connectivity index (χ1v) is 17.3. The minimum Gasteiger partial charge on any atom is -0.463 e. The average Bonchev–Trinajstić information content (AvgIpc) is 3.78. The molecule has 10 atom stereocenters. The standard InChI is InChI=1S/C35H44N3O18/c1-17(39)46-15-26-28(49-19(3)41)30(50-20(4)42)33(53-23(7)45)35(55-26)56-29-27(16-47-18(2)40)54-34(32(52-22(6)44)31(29)51-21(5)43)48-14-25-13-38(37-36-25)12-24-10-8-9-11-24/h8-11,13,26-35H,12,14-16H2,1-7H3/t26-,27-,28+,29-,30+,31+,32-,33-,34-,35+/m1/s1. The van der Waals surface area contributed by atoms with Gasteiger partial charge in [-0.1, -0.05) is 5.21 Å². The van der Waals surface area contributed by atoms with Crippen molar-refractivity contribution in [3.63, 3.8) is 0 Å². The second-order valence-corrected chi connectivity index (χ2v) is 12.7. The van der Waals surface area contributed by atoms with Crippen molar-refractivity contribution in [1.29, 1.82) is 0 Å². The Hall–Kier alpha value is -4.73. The summed E-state index contributed by atoms with van der Waals surface area (Å²) in [5, 5.41) is 8.21. The van der Waals surface area contributed by atoms with E-state index < -0.39 is 116 Å². The molecule has 1 aromatic heterocycles. The van der Waals surface area contributed by atoms with Crippen LogP contribution in [0.1, 0.15) is 54.2 Å². The molecule has 0 amide bonds. The Bertz CT molecular complexity index is 1560. The van der Waals surface area contributed by atoms with E-state index in [9.17, 15) is 33.6 Å². The fourth-order valence-electron chi connectivity index (χ4n) is 5.96. The number of esters is 7. The van der Waals surface area contributed by atoms with Crippen molar-refractivity contribution >= 4 is 41.8 Å². The van der Waals surface area contributed by atoms with Crippen LogP contribution in [0.3, 0.4) is 0 Å². The molecule has 1 aliphatic carbocycles. The summed E-state index contributed by atoms with van der Waals surface area (Å²) in [6.45, 7) is 6.53. The summed E-state index contributed by atoms with van der Waals surface area (Å²) >= 11 is 0. The van der Waals surface area contributed by atoms with Crippen LogP contribution in [0.2, 0.25) is 0 Å². The van der Waals surface area contributed by atoms with Gasteiger partial charge in [-0.15, -0.1) is 5.10 Å². The zero-order valence-corrected chi connectivity index (χ0v) is 31.7. The normalized spacial score (nSPS) is 29.1. The molecule has 2 aliphatic heterocycles. The van der Waals surface area contributed by atoms with Gasteiger partial charge < -0.3 is 52.1 Å². The topological polar surface area (TPSA) is 252 Å². The Morgan fingerprint density at radius 1 is 0.589 bits per heavy atom. The SMILES string of the molecule is CC(=O)OC[C@H]1O[C@@H](O[C@H]2[C@H](OC(C)=O)[C@@H](OC(C)=O)[C@H](OCc3cn(C[C]4[CH][CH][CH][CH]4)nn3)O[C@@H]2COC(C)=O)[C@H](OC(C)=O)[C@@H](OC(C)=O)[C@H]1OC(C)=O. The molecule has 0 spiro atoms. The van der Waals surface area contributed by atoms with Crippen LogP contribution in [0.5, 0.6) is 0 Å². The van der Waals surface area contributed by atoms with Crippen molar-refractivity contribution in [3.8, 4) is 0 Å². The van der Waals surface area contributed by atoms with Crippen LogP contribution in [0, 0.1) is 31.6 Å². The molecule has 0 N–H and O–H groups in total. The van der Waals surface area contributed by atoms with Crippen molar-refractivity contribution in [2.45, 2.75) is 123 Å². The Kier molecular flexibility index (Phi) is 16.1. The second kappa shape index (κ2) is 20.4. The van der Waals surface area contributed by atoms with Gasteiger partial charge >= 0.3 is 41.8 Å². The van der Waals surface area contributed by atoms with Crippen LogP contribution in [-0.2, 0) is 98.8 Å². The van der Waals surface area contributed by atoms with Crippen LogP contribution in [0.15, 0.2) is 6.20 Å². The van der Waals surface area contributed by atoms with E-state index in [1.807, 2.05) is 25.7 Å². The van der Waals surface area contributed by atoms with Crippen LogP contribution in [0.4, 0.5) is 0 Å². The number of carbonyl (C=O) groups excluding carboxylic acids is 7. The largest absolute Gasteiger partial charge is 0.463 e. The summed E-state index contributed by atoms with van der Waals surface area (Å²) in [7, 11) is 0. The lowest BCUT2D eigenvalue weighted by atomic mass is 9.96. The molecule has 3 heterocycles. The summed E-state index contributed by atoms with van der Waals surface area (Å²) in [6, 6.07) is 0. The number of carbonyl (C=O) groups is 7. The molecule has 1 saturated carbocycles. The van der Waals surface area contributed by atoms with E-state index in [4.69, 9.17) is 52.1 Å². The van der Waals surface area contributed by atoms with Crippen molar-refractivity contribution in [2.75, 3.05) is 13.2 Å². The Morgan fingerprint density at radius 2 is 1.04 bits per heavy atom. The molecule has 0 unspecified atom stereocenters. The minimum absolute atomic E-state index is 0.248. The third-order valence-electron chi connectivity index (χ3n) is 7.94. The fraction of sp³-hybridized carbons (Fsp3) is 0.600. The molecule has 307 valence electrons. The van der Waals surface area contributed by atoms with Gasteiger partial charge in [-0.05, 0) is 25.7 Å². The average molecular weight is 795 g/mol. The Morgan fingerprint density at radius 3 is 1.55 bits per heavy atom. The maximum absolute atomic E-state index is 12.6. The molecule has 0 bridgehead atoms.